The van der Waals surface area contributed by atoms with Crippen LogP contribution in [0.2, 0.25) is 0 Å². The molecule has 8 rings (SSSR count). The van der Waals surface area contributed by atoms with Gasteiger partial charge in [-0.2, -0.15) is 91.1 Å². The number of nitrogens with one attached hydrogen (secondary N) is 3. The van der Waals surface area contributed by atoms with Gasteiger partial charge in [-0.3, -0.25) is 26.9 Å². The van der Waals surface area contributed by atoms with Gasteiger partial charge in [0.2, 0.25) is 0 Å². The van der Waals surface area contributed by atoms with Gasteiger partial charge in [-0.05, 0) is 115 Å². The van der Waals surface area contributed by atoms with E-state index < -0.39 is 162 Å². The van der Waals surface area contributed by atoms with Crippen LogP contribution in [0.3, 0.4) is 0 Å². The molecule has 3 atom stereocenters. The zero-order valence-corrected chi connectivity index (χ0v) is 52.2. The average Bonchev–Trinajstić information content (AvgIpc) is 0.751. The molecule has 3 amide bonds. The lowest BCUT2D eigenvalue weighted by molar-refractivity contribution is -0.288. The number of anilines is 1. The van der Waals surface area contributed by atoms with Crippen LogP contribution in [0.1, 0.15) is 105 Å². The Hall–Kier alpha value is -4.72. The fraction of sp³-hybridized carbons (Fsp3) is 0.769. The summed E-state index contributed by atoms with van der Waals surface area (Å²) >= 11 is 0. The van der Waals surface area contributed by atoms with E-state index in [0.29, 0.717) is 38.5 Å². The van der Waals surface area contributed by atoms with E-state index in [4.69, 9.17) is 28.4 Å². The number of carbonyl (C=O) groups is 4. The largest absolute Gasteiger partial charge is 0.460 e. The Balaban J connectivity index is 0.000000254. The van der Waals surface area contributed by atoms with E-state index in [1.165, 1.54) is 42.6 Å². The van der Waals surface area contributed by atoms with Crippen LogP contribution in [0.25, 0.3) is 0 Å². The van der Waals surface area contributed by atoms with Crippen LogP contribution in [0.5, 0.6) is 0 Å². The van der Waals surface area contributed by atoms with Gasteiger partial charge in [0, 0.05) is 36.1 Å². The summed E-state index contributed by atoms with van der Waals surface area (Å²) in [6.45, 7) is 6.65. The van der Waals surface area contributed by atoms with E-state index in [9.17, 15) is 110 Å². The summed E-state index contributed by atoms with van der Waals surface area (Å²) in [5, 5.41) is -10.6. The summed E-state index contributed by atoms with van der Waals surface area (Å²) in [5.41, 5.74) is -1.16. The molecule has 4 saturated carbocycles. The maximum absolute atomic E-state index is 14.7. The number of hydrogen-bond donors (Lipinski definition) is 3. The smallest absolute Gasteiger partial charge is 0.447 e. The Bertz CT molecular complexity index is 3070. The second kappa shape index (κ2) is 30.0. The Morgan fingerprint density at radius 2 is 0.839 bits per heavy atom. The number of hydrogen-bond acceptors (Lipinski definition) is 20. The number of carbonyl (C=O) groups excluding carboxylic acids is 4. The standard InChI is InChI=1S/C20H28F5NO6S.C16H22F5NO8S.C16H18F5NO6S/c1-17(30-3-2-4-31-17)11-15(19(21,22)23)32-33(28,29)20(24,25)16(27)26-18-8-12-5-13(9-18)7-14(6-12)10-18;1-10(2)12(23)27-8-5-22-13(24)16(20,21)31(25,26)30-11(15(17,18)19)9-14(3)28-6-4-7-29-14;1-14(26-8-5-9-27-14)10-12(15(17,18)19)28-29(24,25)16(20,21)13(23)22-11-6-3-2-4-7-11/h12-15H,2-11H2,1H3,(H,26,27);11H,1,4-9H2,2-3H3,(H,22,24);2-4,6-7,12H,5,8-10H2,1H3,(H,22,23). The first-order valence-corrected chi connectivity index (χ1v) is 32.4. The lowest BCUT2D eigenvalue weighted by atomic mass is 9.53. The van der Waals surface area contributed by atoms with Gasteiger partial charge in [-0.1, -0.05) is 24.8 Å². The van der Waals surface area contributed by atoms with E-state index in [1.54, 1.807) is 5.32 Å². The van der Waals surface area contributed by atoms with Crippen molar-refractivity contribution in [3.63, 3.8) is 0 Å². The molecular weight excluding hydrogens is 1370 g/mol. The third-order valence-corrected chi connectivity index (χ3v) is 18.9. The molecule has 0 aromatic heterocycles. The van der Waals surface area contributed by atoms with Crippen molar-refractivity contribution in [1.29, 1.82) is 0 Å². The zero-order chi connectivity index (χ0) is 70.3. The third-order valence-electron chi connectivity index (χ3n) is 15.0. The Morgan fingerprint density at radius 1 is 0.527 bits per heavy atom. The first kappa shape index (κ1) is 79.0. The van der Waals surface area contributed by atoms with Crippen molar-refractivity contribution in [3.05, 3.63) is 42.5 Å². The van der Waals surface area contributed by atoms with Crippen molar-refractivity contribution in [2.45, 2.75) is 180 Å². The second-order valence-corrected chi connectivity index (χ2v) is 27.9. The van der Waals surface area contributed by atoms with E-state index in [-0.39, 0.29) is 68.7 Å². The number of ether oxygens (including phenoxy) is 7. The van der Waals surface area contributed by atoms with E-state index in [2.05, 4.69) is 29.2 Å². The molecule has 534 valence electrons. The highest BCUT2D eigenvalue weighted by molar-refractivity contribution is 7.89. The molecule has 0 radical (unpaired) electrons. The molecule has 1 aromatic rings. The molecule has 4 bridgehead atoms. The van der Waals surface area contributed by atoms with Gasteiger partial charge in [0.1, 0.15) is 6.61 Å². The van der Waals surface area contributed by atoms with Crippen LogP contribution in [-0.4, -0.2) is 177 Å². The molecule has 41 heteroatoms. The number of benzene rings is 1. The lowest BCUT2D eigenvalue weighted by Gasteiger charge is -2.57. The van der Waals surface area contributed by atoms with E-state index >= 15 is 0 Å². The predicted octanol–water partition coefficient (Wildman–Crippen LogP) is 8.16. The van der Waals surface area contributed by atoms with Gasteiger partial charge >= 0.3 is 88.3 Å². The van der Waals surface area contributed by atoms with Gasteiger partial charge in [0.15, 0.2) is 35.7 Å². The van der Waals surface area contributed by atoms with Crippen molar-refractivity contribution in [2.24, 2.45) is 17.8 Å². The summed E-state index contributed by atoms with van der Waals surface area (Å²) in [6, 6.07) is 6.58. The summed E-state index contributed by atoms with van der Waals surface area (Å²) in [7, 11) is -19.0. The second-order valence-electron chi connectivity index (χ2n) is 23.1. The van der Waals surface area contributed by atoms with Crippen molar-refractivity contribution >= 4 is 59.7 Å². The molecule has 23 nitrogen and oxygen atoms in total. The molecule has 3 unspecified atom stereocenters. The highest BCUT2D eigenvalue weighted by Crippen LogP contribution is 2.56. The SMILES string of the molecule is C=C(C)C(=O)OCCNC(=O)C(F)(F)S(=O)(=O)OC(CC1(C)OCCCO1)C(F)(F)F.CC1(CC(OS(=O)(=O)C(F)(F)C(=O)NC23CC4CC(CC(C4)C2)C3)C(F)(F)F)OCCCO1.CC1(CC(OS(=O)(=O)C(F)(F)C(=O)Nc2ccccc2)C(F)(F)F)OCCCO1. The van der Waals surface area contributed by atoms with E-state index in [0.717, 1.165) is 40.0 Å². The van der Waals surface area contributed by atoms with Crippen LogP contribution in [0.15, 0.2) is 42.5 Å². The molecule has 7 aliphatic rings. The molecule has 3 saturated heterocycles. The molecule has 3 N–H and O–H groups in total. The minimum Gasteiger partial charge on any atom is -0.460 e. The molecule has 93 heavy (non-hydrogen) atoms. The minimum absolute atomic E-state index is 0.00233. The molecule has 1 aromatic carbocycles. The Labute approximate surface area is 523 Å². The van der Waals surface area contributed by atoms with Crippen LogP contribution in [0, 0.1) is 17.8 Å². The molecule has 4 aliphatic carbocycles. The van der Waals surface area contributed by atoms with Gasteiger partial charge in [0.25, 0.3) is 0 Å². The Morgan fingerprint density at radius 3 is 1.15 bits per heavy atom. The average molecular weight is 1440 g/mol. The molecule has 7 fully saturated rings. The minimum atomic E-state index is -6.38. The molecule has 3 aliphatic heterocycles. The Kier molecular flexibility index (Phi) is 25.4. The third kappa shape index (κ3) is 21.1. The molecule has 0 spiro atoms. The fourth-order valence-electron chi connectivity index (χ4n) is 10.8. The maximum Gasteiger partial charge on any atom is 0.447 e. The quantitative estimate of drug-likeness (QED) is 0.0289. The van der Waals surface area contributed by atoms with Crippen molar-refractivity contribution in [2.75, 3.05) is 58.1 Å². The summed E-state index contributed by atoms with van der Waals surface area (Å²) < 4.78 is 324. The summed E-state index contributed by atoms with van der Waals surface area (Å²) in [4.78, 5) is 46.8. The van der Waals surface area contributed by atoms with Gasteiger partial charge in [-0.15, -0.1) is 0 Å². The monoisotopic (exact) mass is 1440 g/mol. The highest BCUT2D eigenvalue weighted by atomic mass is 32.2. The van der Waals surface area contributed by atoms with Gasteiger partial charge in [0.05, 0.1) is 46.2 Å². The highest BCUT2D eigenvalue weighted by Gasteiger charge is 2.63. The predicted molar refractivity (Wildman–Crippen MR) is 286 cm³/mol. The molecule has 3 heterocycles. The van der Waals surface area contributed by atoms with Crippen LogP contribution < -0.4 is 16.0 Å². The number of esters is 1. The number of rotatable bonds is 24. The number of para-hydroxylation sites is 1. The number of halogens is 15. The van der Waals surface area contributed by atoms with Gasteiger partial charge in [-0.25, -0.2) is 4.79 Å². The van der Waals surface area contributed by atoms with Crippen molar-refractivity contribution in [1.82, 2.24) is 10.6 Å². The first-order valence-electron chi connectivity index (χ1n) is 28.2. The maximum atomic E-state index is 14.7. The number of amides is 3. The van der Waals surface area contributed by atoms with Crippen molar-refractivity contribution < 1.29 is 156 Å². The van der Waals surface area contributed by atoms with Crippen LogP contribution in [0.4, 0.5) is 71.5 Å². The van der Waals surface area contributed by atoms with Crippen molar-refractivity contribution in [3.8, 4) is 0 Å². The van der Waals surface area contributed by atoms with Gasteiger partial charge < -0.3 is 49.1 Å². The number of alkyl halides is 15. The summed E-state index contributed by atoms with van der Waals surface area (Å²) in [5.74, 6) is -12.8. The molecular formula is C52H68F15N3O20S3. The van der Waals surface area contributed by atoms with Crippen LogP contribution in [-0.2, 0) is 95.2 Å². The first-order chi connectivity index (χ1) is 42.4. The summed E-state index contributed by atoms with van der Waals surface area (Å²) in [6.07, 6.45) is -24.1. The lowest BCUT2D eigenvalue weighted by Crippen LogP contribution is -2.63. The normalized spacial score (nSPS) is 24.3. The topological polar surface area (TPSA) is 299 Å². The van der Waals surface area contributed by atoms with Crippen LogP contribution >= 0.6 is 0 Å². The van der Waals surface area contributed by atoms with E-state index in [1.807, 2.05) is 0 Å². The zero-order valence-electron chi connectivity index (χ0n) is 49.8. The fourth-order valence-corrected chi connectivity index (χ4v) is 13.5.